The van der Waals surface area contributed by atoms with Crippen molar-refractivity contribution in [3.63, 3.8) is 0 Å². The van der Waals surface area contributed by atoms with Crippen LogP contribution in [0.4, 0.5) is 34.1 Å². The van der Waals surface area contributed by atoms with E-state index in [-0.39, 0.29) is 62.4 Å². The SMILES string of the molecule is COc1c2cc(N=C(C)N)cc1Cc1cc(N=C(N)N)cc(c1OC)Cc1cc(N=C(N)N)cc(c1OC)Cc1cc(N=C(N)N)cc(c1OC)Cc1cc(N=C(C)N)cc(c1OC)Cc1cc(N=C(N)N)cc(c1OC)C2. The zero-order valence-electron chi connectivity index (χ0n) is 45.1. The van der Waals surface area contributed by atoms with Gasteiger partial charge in [-0.3, -0.25) is 0 Å². The van der Waals surface area contributed by atoms with Gasteiger partial charge < -0.3 is 85.8 Å². The van der Waals surface area contributed by atoms with Crippen LogP contribution >= 0.6 is 0 Å². The van der Waals surface area contributed by atoms with E-state index >= 15 is 0 Å². The van der Waals surface area contributed by atoms with E-state index in [2.05, 4.69) is 20.0 Å². The van der Waals surface area contributed by atoms with Crippen LogP contribution in [0.25, 0.3) is 0 Å². The number of rotatable bonds is 12. The smallest absolute Gasteiger partial charge is 0.191 e. The van der Waals surface area contributed by atoms with Crippen LogP contribution in [0, 0.1) is 0 Å². The number of fused-ring (bicyclic) bond motifs is 12. The molecule has 0 aliphatic heterocycles. The van der Waals surface area contributed by atoms with Gasteiger partial charge in [-0.25, -0.2) is 30.0 Å². The maximum Gasteiger partial charge on any atom is 0.191 e. The Morgan fingerprint density at radius 3 is 0.487 bits per heavy atom. The number of ether oxygens (including phenoxy) is 6. The van der Waals surface area contributed by atoms with Gasteiger partial charge in [-0.1, -0.05) is 0 Å². The van der Waals surface area contributed by atoms with Crippen LogP contribution in [0.5, 0.6) is 34.5 Å². The van der Waals surface area contributed by atoms with Gasteiger partial charge in [-0.15, -0.1) is 0 Å². The van der Waals surface area contributed by atoms with Crippen molar-refractivity contribution < 1.29 is 28.4 Å². The van der Waals surface area contributed by atoms with E-state index < -0.39 is 0 Å². The molecule has 0 fully saturated rings. The van der Waals surface area contributed by atoms with E-state index in [1.807, 2.05) is 72.8 Å². The number of nitrogens with zero attached hydrogens (tertiary/aromatic N) is 6. The zero-order chi connectivity index (χ0) is 56.5. The fourth-order valence-corrected chi connectivity index (χ4v) is 10.2. The lowest BCUT2D eigenvalue weighted by Crippen LogP contribution is -2.22. The maximum atomic E-state index is 6.33. The number of methoxy groups -OCH3 is 6. The molecule has 0 unspecified atom stereocenters. The second-order valence-corrected chi connectivity index (χ2v) is 18.5. The molecule has 78 heavy (non-hydrogen) atoms. The first kappa shape index (κ1) is 55.9. The lowest BCUT2D eigenvalue weighted by molar-refractivity contribution is 0.396. The van der Waals surface area contributed by atoms with E-state index in [0.717, 1.165) is 22.3 Å². The highest BCUT2D eigenvalue weighted by atomic mass is 16.5. The third-order valence-electron chi connectivity index (χ3n) is 12.5. The predicted molar refractivity (Wildman–Crippen MR) is 311 cm³/mol. The highest BCUT2D eigenvalue weighted by Gasteiger charge is 2.25. The Hall–Kier alpha value is -9.86. The third-order valence-corrected chi connectivity index (χ3v) is 12.5. The molecular weight excluding hydrogens is 993 g/mol. The second-order valence-electron chi connectivity index (χ2n) is 18.5. The van der Waals surface area contributed by atoms with Crippen LogP contribution in [-0.2, 0) is 38.5 Å². The molecule has 6 aromatic rings. The Kier molecular flexibility index (Phi) is 17.3. The summed E-state index contributed by atoms with van der Waals surface area (Å²) in [4.78, 5) is 27.5. The summed E-state index contributed by atoms with van der Waals surface area (Å²) in [7, 11) is 9.59. The van der Waals surface area contributed by atoms with Crippen LogP contribution in [-0.4, -0.2) is 78.2 Å². The van der Waals surface area contributed by atoms with Crippen LogP contribution < -0.4 is 85.8 Å². The molecule has 0 heterocycles. The fourth-order valence-electron chi connectivity index (χ4n) is 10.2. The highest BCUT2D eigenvalue weighted by Crippen LogP contribution is 2.45. The number of hydrogen-bond acceptors (Lipinski definition) is 12. The summed E-state index contributed by atoms with van der Waals surface area (Å²) in [5.74, 6) is 3.30. The number of aliphatic imine (C=N–C) groups is 6. The van der Waals surface area contributed by atoms with Crippen molar-refractivity contribution in [1.29, 1.82) is 0 Å². The molecule has 0 amide bonds. The average Bonchev–Trinajstić information content (AvgIpc) is 3.35. The molecule has 0 aromatic heterocycles. The maximum absolute atomic E-state index is 6.33. The van der Waals surface area contributed by atoms with Crippen molar-refractivity contribution in [3.05, 3.63) is 140 Å². The average molecular weight is 1060 g/mol. The first-order valence-corrected chi connectivity index (χ1v) is 24.4. The molecule has 408 valence electrons. The number of amidine groups is 2. The van der Waals surface area contributed by atoms with Crippen molar-refractivity contribution in [2.24, 2.45) is 87.3 Å². The Balaban J connectivity index is 1.64. The van der Waals surface area contributed by atoms with Gasteiger partial charge in [0.05, 0.1) is 88.5 Å². The number of guanidine groups is 4. The Morgan fingerprint density at radius 1 is 0.256 bits per heavy atom. The minimum absolute atomic E-state index is 0.145. The largest absolute Gasteiger partial charge is 0.496 e. The second kappa shape index (κ2) is 24.2. The quantitative estimate of drug-likeness (QED) is 0.0553. The van der Waals surface area contributed by atoms with Gasteiger partial charge in [0, 0.05) is 105 Å². The van der Waals surface area contributed by atoms with Gasteiger partial charge in [0.25, 0.3) is 0 Å². The minimum Gasteiger partial charge on any atom is -0.496 e. The van der Waals surface area contributed by atoms with Gasteiger partial charge in [0.15, 0.2) is 23.8 Å². The van der Waals surface area contributed by atoms with Crippen LogP contribution in [0.15, 0.2) is 103 Å². The van der Waals surface area contributed by atoms with Crippen molar-refractivity contribution >= 4 is 69.6 Å². The minimum atomic E-state index is -0.157. The third kappa shape index (κ3) is 13.1. The standard InChI is InChI=1S/C56H68N16O6/c1-27(57)67-41-15-29-9-33-19-43(69-53(59)60)20-34(49(33)75-5)10-30-16-42(68-28(2)58)18-32(48(30)74-4)12-36-22-45(71-55(63)64)24-38(51(36)77-7)14-40-26-46(72-56(65)66)25-39(52(40)78-8)13-37-23-44(70-54(61)62)21-35(50(37)76-6)11-31(17-41)47(29)73-3/h15-26H,9-14H2,1-8H3,(H2,57,67)(H2,58,68)(H4,59,60,69)(H4,61,62,70)(H4,63,64,71)(H4,65,66,72). The van der Waals surface area contributed by atoms with Crippen molar-refractivity contribution in [2.45, 2.75) is 52.4 Å². The molecule has 1 aliphatic carbocycles. The molecule has 20 N–H and O–H groups in total. The van der Waals surface area contributed by atoms with Crippen LogP contribution in [0.1, 0.15) is 80.6 Å². The summed E-state index contributed by atoms with van der Waals surface area (Å²) in [6.07, 6.45) is 1.37. The molecule has 12 bridgehead atoms. The zero-order valence-corrected chi connectivity index (χ0v) is 45.1. The summed E-state index contributed by atoms with van der Waals surface area (Å²) in [6.45, 7) is 3.42. The fraction of sp³-hybridized carbons (Fsp3) is 0.250. The number of hydrogen-bond donors (Lipinski definition) is 10. The topological polar surface area (TPSA) is 390 Å². The van der Waals surface area contributed by atoms with Gasteiger partial charge in [0.2, 0.25) is 0 Å². The van der Waals surface area contributed by atoms with Crippen molar-refractivity contribution in [2.75, 3.05) is 42.7 Å². The summed E-state index contributed by atoms with van der Waals surface area (Å²) in [5.41, 5.74) is 72.4. The number of benzene rings is 6. The molecule has 6 aromatic carbocycles. The summed E-state index contributed by atoms with van der Waals surface area (Å²) in [6, 6.07) is 22.4. The molecule has 0 spiro atoms. The first-order chi connectivity index (χ1) is 37.2. The van der Waals surface area contributed by atoms with Crippen LogP contribution in [0.2, 0.25) is 0 Å². The summed E-state index contributed by atoms with van der Waals surface area (Å²) in [5, 5.41) is 0. The molecule has 0 saturated carbocycles. The van der Waals surface area contributed by atoms with E-state index in [9.17, 15) is 0 Å². The Morgan fingerprint density at radius 2 is 0.385 bits per heavy atom. The number of nitrogens with two attached hydrogens (primary N) is 10. The molecule has 22 nitrogen and oxygen atoms in total. The van der Waals surface area contributed by atoms with E-state index in [0.29, 0.717) is 125 Å². The lowest BCUT2D eigenvalue weighted by Gasteiger charge is -2.22. The molecule has 0 saturated heterocycles. The van der Waals surface area contributed by atoms with E-state index in [1.165, 1.54) is 0 Å². The molecular formula is C56H68N16O6. The molecule has 0 atom stereocenters. The Labute approximate surface area is 452 Å². The predicted octanol–water partition coefficient (Wildman–Crippen LogP) is 5.23. The van der Waals surface area contributed by atoms with Crippen molar-refractivity contribution in [1.82, 2.24) is 0 Å². The molecule has 0 radical (unpaired) electrons. The highest BCUT2D eigenvalue weighted by molar-refractivity contribution is 5.84. The Bertz CT molecular complexity index is 2730. The normalized spacial score (nSPS) is 12.5. The first-order valence-electron chi connectivity index (χ1n) is 24.4. The molecule has 22 heteroatoms. The van der Waals surface area contributed by atoms with Gasteiger partial charge >= 0.3 is 0 Å². The van der Waals surface area contributed by atoms with Gasteiger partial charge in [-0.05, 0) is 86.6 Å². The lowest BCUT2D eigenvalue weighted by atomic mass is 9.90. The molecule has 7 rings (SSSR count). The summed E-state index contributed by atoms with van der Waals surface area (Å²) < 4.78 is 37.9. The molecule has 1 aliphatic rings. The van der Waals surface area contributed by atoms with Gasteiger partial charge in [-0.2, -0.15) is 0 Å². The van der Waals surface area contributed by atoms with E-state index in [4.69, 9.17) is 95.7 Å². The van der Waals surface area contributed by atoms with E-state index in [1.54, 1.807) is 56.5 Å². The summed E-state index contributed by atoms with van der Waals surface area (Å²) >= 11 is 0. The van der Waals surface area contributed by atoms with Gasteiger partial charge in [0.1, 0.15) is 34.5 Å². The monoisotopic (exact) mass is 1060 g/mol. The van der Waals surface area contributed by atoms with Crippen molar-refractivity contribution in [3.8, 4) is 34.5 Å². The van der Waals surface area contributed by atoms with Crippen LogP contribution in [0.3, 0.4) is 0 Å².